The van der Waals surface area contributed by atoms with E-state index in [1.54, 1.807) is 11.0 Å². The van der Waals surface area contributed by atoms with Crippen molar-refractivity contribution in [2.24, 2.45) is 0 Å². The minimum atomic E-state index is -3.77. The van der Waals surface area contributed by atoms with E-state index in [2.05, 4.69) is 4.98 Å². The number of aromatic nitrogens is 1. The van der Waals surface area contributed by atoms with Gasteiger partial charge < -0.3 is 4.90 Å². The molecule has 1 fully saturated rings. The van der Waals surface area contributed by atoms with Crippen molar-refractivity contribution < 1.29 is 17.6 Å². The smallest absolute Gasteiger partial charge is 0.246 e. The van der Waals surface area contributed by atoms with E-state index in [1.165, 1.54) is 39.9 Å². The van der Waals surface area contributed by atoms with E-state index in [9.17, 15) is 17.6 Å². The third kappa shape index (κ3) is 4.21. The van der Waals surface area contributed by atoms with Gasteiger partial charge in [-0.15, -0.1) is 11.3 Å². The van der Waals surface area contributed by atoms with Crippen molar-refractivity contribution in [1.82, 2.24) is 14.2 Å². The van der Waals surface area contributed by atoms with Crippen molar-refractivity contribution >= 4 is 43.6 Å². The van der Waals surface area contributed by atoms with Crippen molar-refractivity contribution in [3.63, 3.8) is 0 Å². The maximum atomic E-state index is 13.4. The first kappa shape index (κ1) is 19.7. The molecule has 0 radical (unpaired) electrons. The zero-order chi connectivity index (χ0) is 20.4. The largest absolute Gasteiger partial charge is 0.337 e. The van der Waals surface area contributed by atoms with Crippen LogP contribution in [-0.2, 0) is 14.8 Å². The second-order valence-electron chi connectivity index (χ2n) is 6.54. The maximum Gasteiger partial charge on any atom is 0.246 e. The van der Waals surface area contributed by atoms with Crippen LogP contribution in [-0.4, -0.2) is 54.7 Å². The monoisotopic (exact) mass is 431 g/mol. The molecule has 0 N–H and O–H groups in total. The van der Waals surface area contributed by atoms with Crippen molar-refractivity contribution in [2.45, 2.75) is 4.90 Å². The number of thiazole rings is 1. The van der Waals surface area contributed by atoms with Gasteiger partial charge in [0.25, 0.3) is 0 Å². The summed E-state index contributed by atoms with van der Waals surface area (Å²) in [5.41, 5.74) is 0.890. The topological polar surface area (TPSA) is 70.6 Å². The molecule has 0 atom stereocenters. The van der Waals surface area contributed by atoms with E-state index in [-0.39, 0.29) is 37.0 Å². The SMILES string of the molecule is O=C(C=Cc1nc2ccccc2s1)N1CCN(S(=O)(=O)c2cccc(F)c2)CC1. The van der Waals surface area contributed by atoms with E-state index in [0.717, 1.165) is 21.3 Å². The van der Waals surface area contributed by atoms with Gasteiger partial charge in [0.1, 0.15) is 10.8 Å². The fraction of sp³-hybridized carbons (Fsp3) is 0.200. The van der Waals surface area contributed by atoms with Crippen LogP contribution in [0, 0.1) is 5.82 Å². The Morgan fingerprint density at radius 2 is 1.83 bits per heavy atom. The lowest BCUT2D eigenvalue weighted by molar-refractivity contribution is -0.127. The molecule has 9 heteroatoms. The number of fused-ring (bicyclic) bond motifs is 1. The molecule has 6 nitrogen and oxygen atoms in total. The third-order valence-corrected chi connectivity index (χ3v) is 7.56. The van der Waals surface area contributed by atoms with Crippen LogP contribution in [0.25, 0.3) is 16.3 Å². The molecule has 1 amide bonds. The van der Waals surface area contributed by atoms with Crippen molar-refractivity contribution in [3.8, 4) is 0 Å². The zero-order valence-electron chi connectivity index (χ0n) is 15.4. The highest BCUT2D eigenvalue weighted by Gasteiger charge is 2.29. The van der Waals surface area contributed by atoms with Crippen molar-refractivity contribution in [1.29, 1.82) is 0 Å². The van der Waals surface area contributed by atoms with Gasteiger partial charge in [-0.1, -0.05) is 18.2 Å². The van der Waals surface area contributed by atoms with Gasteiger partial charge in [-0.3, -0.25) is 4.79 Å². The molecule has 0 bridgehead atoms. The van der Waals surface area contributed by atoms with E-state index >= 15 is 0 Å². The van der Waals surface area contributed by atoms with Gasteiger partial charge in [-0.2, -0.15) is 4.31 Å². The van der Waals surface area contributed by atoms with Crippen molar-refractivity contribution in [3.05, 3.63) is 65.4 Å². The second-order valence-corrected chi connectivity index (χ2v) is 9.54. The number of nitrogens with zero attached hydrogens (tertiary/aromatic N) is 3. The minimum Gasteiger partial charge on any atom is -0.337 e. The zero-order valence-corrected chi connectivity index (χ0v) is 17.0. The van der Waals surface area contributed by atoms with Gasteiger partial charge in [0, 0.05) is 32.3 Å². The Labute approximate surface area is 171 Å². The number of rotatable bonds is 4. The summed E-state index contributed by atoms with van der Waals surface area (Å²) in [6.45, 7) is 0.883. The summed E-state index contributed by atoms with van der Waals surface area (Å²) in [5, 5.41) is 0.742. The number of amides is 1. The van der Waals surface area contributed by atoms with Gasteiger partial charge in [0.2, 0.25) is 15.9 Å². The van der Waals surface area contributed by atoms with Crippen LogP contribution in [0.4, 0.5) is 4.39 Å². The van der Waals surface area contributed by atoms with Crippen LogP contribution >= 0.6 is 11.3 Å². The molecule has 3 aromatic rings. The Morgan fingerprint density at radius 1 is 1.07 bits per heavy atom. The van der Waals surface area contributed by atoms with Gasteiger partial charge in [0.05, 0.1) is 15.1 Å². The fourth-order valence-corrected chi connectivity index (χ4v) is 5.46. The highest BCUT2D eigenvalue weighted by molar-refractivity contribution is 7.89. The normalized spacial score (nSPS) is 16.0. The van der Waals surface area contributed by atoms with Gasteiger partial charge in [-0.25, -0.2) is 17.8 Å². The number of carbonyl (C=O) groups excluding carboxylic acids is 1. The summed E-state index contributed by atoms with van der Waals surface area (Å²) in [7, 11) is -3.77. The summed E-state index contributed by atoms with van der Waals surface area (Å²) < 4.78 is 41.0. The molecule has 1 aromatic heterocycles. The molecule has 0 aliphatic carbocycles. The van der Waals surface area contributed by atoms with E-state index in [4.69, 9.17) is 0 Å². The lowest BCUT2D eigenvalue weighted by Crippen LogP contribution is -2.50. The standard InChI is InChI=1S/C20H18FN3O3S2/c21-15-4-3-5-16(14-15)29(26,27)24-12-10-23(11-13-24)20(25)9-8-19-22-17-6-1-2-7-18(17)28-19/h1-9,14H,10-13H2. The summed E-state index contributed by atoms with van der Waals surface area (Å²) in [4.78, 5) is 18.4. The molecule has 1 saturated heterocycles. The lowest BCUT2D eigenvalue weighted by atomic mass is 10.3. The summed E-state index contributed by atoms with van der Waals surface area (Å²) in [6, 6.07) is 12.7. The highest BCUT2D eigenvalue weighted by atomic mass is 32.2. The Hall–Kier alpha value is -2.62. The molecule has 29 heavy (non-hydrogen) atoms. The molecule has 4 rings (SSSR count). The number of halogens is 1. The molecule has 0 saturated carbocycles. The van der Waals surface area contributed by atoms with Crippen LogP contribution < -0.4 is 0 Å². The fourth-order valence-electron chi connectivity index (χ4n) is 3.13. The second kappa shape index (κ2) is 8.02. The van der Waals surface area contributed by atoms with Crippen LogP contribution in [0.5, 0.6) is 0 Å². The van der Waals surface area contributed by atoms with Gasteiger partial charge in [0.15, 0.2) is 0 Å². The first-order valence-electron chi connectivity index (χ1n) is 9.02. The molecule has 2 heterocycles. The van der Waals surface area contributed by atoms with E-state index in [0.29, 0.717) is 0 Å². The molecule has 1 aliphatic rings. The Bertz CT molecular complexity index is 1150. The van der Waals surface area contributed by atoms with Crippen LogP contribution in [0.15, 0.2) is 59.5 Å². The highest BCUT2D eigenvalue weighted by Crippen LogP contribution is 2.23. The Morgan fingerprint density at radius 3 is 2.55 bits per heavy atom. The number of sulfonamides is 1. The first-order chi connectivity index (χ1) is 13.9. The quantitative estimate of drug-likeness (QED) is 0.596. The lowest BCUT2D eigenvalue weighted by Gasteiger charge is -2.33. The molecule has 1 aliphatic heterocycles. The van der Waals surface area contributed by atoms with Gasteiger partial charge >= 0.3 is 0 Å². The molecule has 150 valence electrons. The number of para-hydroxylation sites is 1. The number of hydrogen-bond donors (Lipinski definition) is 0. The Balaban J connectivity index is 1.39. The number of hydrogen-bond acceptors (Lipinski definition) is 5. The summed E-state index contributed by atoms with van der Waals surface area (Å²) >= 11 is 1.50. The third-order valence-electron chi connectivity index (χ3n) is 4.66. The maximum absolute atomic E-state index is 13.4. The predicted octanol–water partition coefficient (Wildman–Crippen LogP) is 2.98. The average molecular weight is 432 g/mol. The van der Waals surface area contributed by atoms with Crippen LogP contribution in [0.1, 0.15) is 5.01 Å². The van der Waals surface area contributed by atoms with Gasteiger partial charge in [-0.05, 0) is 36.4 Å². The molecule has 0 spiro atoms. The Kier molecular flexibility index (Phi) is 5.44. The number of benzene rings is 2. The number of piperazine rings is 1. The summed E-state index contributed by atoms with van der Waals surface area (Å²) in [6.07, 6.45) is 3.15. The first-order valence-corrected chi connectivity index (χ1v) is 11.3. The van der Waals surface area contributed by atoms with E-state index < -0.39 is 15.8 Å². The average Bonchev–Trinajstić information content (AvgIpc) is 3.15. The predicted molar refractivity (Wildman–Crippen MR) is 110 cm³/mol. The molecular weight excluding hydrogens is 413 g/mol. The van der Waals surface area contributed by atoms with E-state index in [1.807, 2.05) is 24.3 Å². The van der Waals surface area contributed by atoms with Crippen LogP contribution in [0.3, 0.4) is 0 Å². The number of carbonyl (C=O) groups is 1. The van der Waals surface area contributed by atoms with Crippen molar-refractivity contribution in [2.75, 3.05) is 26.2 Å². The molecule has 0 unspecified atom stereocenters. The molecular formula is C20H18FN3O3S2. The van der Waals surface area contributed by atoms with Crippen LogP contribution in [0.2, 0.25) is 0 Å². The minimum absolute atomic E-state index is 0.0759. The summed E-state index contributed by atoms with van der Waals surface area (Å²) in [5.74, 6) is -0.785. The molecule has 2 aromatic carbocycles.